The predicted octanol–water partition coefficient (Wildman–Crippen LogP) is 14.2. The first kappa shape index (κ1) is 30.0. The fourth-order valence-electron chi connectivity index (χ4n) is 9.35. The topological polar surface area (TPSA) is 28.7 Å². The molecule has 3 heterocycles. The van der Waals surface area contributed by atoms with Crippen LogP contribution in [0.4, 0.5) is 0 Å². The van der Waals surface area contributed by atoms with Crippen LogP contribution < -0.4 is 0 Å². The summed E-state index contributed by atoms with van der Waals surface area (Å²) in [5, 5.41) is 18.4. The predicted molar refractivity (Wildman–Crippen MR) is 230 cm³/mol. The van der Waals surface area contributed by atoms with Gasteiger partial charge in [-0.25, -0.2) is 0 Å². The van der Waals surface area contributed by atoms with Crippen molar-refractivity contribution in [2.45, 2.75) is 5.92 Å². The maximum Gasteiger partial charge on any atom is 0.101 e. The molecular weight excluding hydrogens is 693 g/mol. The normalized spacial score (nSPS) is 13.7. The Hall–Kier alpha value is -6.51. The molecule has 1 aliphatic carbocycles. The number of fused-ring (bicyclic) bond motifs is 14. The number of rotatable bonds is 3. The van der Waals surface area contributed by atoms with Crippen LogP contribution >= 0.6 is 22.7 Å². The molecule has 1 atom stereocenters. The van der Waals surface area contributed by atoms with Gasteiger partial charge in [0, 0.05) is 63.5 Å². The van der Waals surface area contributed by atoms with E-state index in [1.807, 2.05) is 34.8 Å². The summed E-state index contributed by atoms with van der Waals surface area (Å²) in [5.41, 5.74) is 12.6. The average Bonchev–Trinajstić information content (AvgIpc) is 3.98. The van der Waals surface area contributed by atoms with Gasteiger partial charge in [0.1, 0.15) is 6.07 Å². The third-order valence-electron chi connectivity index (χ3n) is 11.6. The summed E-state index contributed by atoms with van der Waals surface area (Å²) in [7, 11) is 0. The second-order valence-electron chi connectivity index (χ2n) is 14.2. The van der Waals surface area contributed by atoms with Crippen molar-refractivity contribution in [2.24, 2.45) is 0 Å². The van der Waals surface area contributed by atoms with Crippen LogP contribution in [0.5, 0.6) is 0 Å². The number of hydrogen-bond donors (Lipinski definition) is 0. The van der Waals surface area contributed by atoms with Crippen LogP contribution in [-0.2, 0) is 0 Å². The van der Waals surface area contributed by atoms with Gasteiger partial charge < -0.3 is 4.57 Å². The highest BCUT2D eigenvalue weighted by atomic mass is 32.1. The summed E-state index contributed by atoms with van der Waals surface area (Å²) in [6.07, 6.45) is 0. The summed E-state index contributed by atoms with van der Waals surface area (Å²) in [6.45, 7) is 0. The van der Waals surface area contributed by atoms with Gasteiger partial charge in [0.05, 0.1) is 27.0 Å². The monoisotopic (exact) mass is 720 g/mol. The molecule has 0 spiro atoms. The molecule has 0 aliphatic heterocycles. The van der Waals surface area contributed by atoms with Crippen LogP contribution in [0, 0.1) is 11.3 Å². The Morgan fingerprint density at radius 1 is 0.444 bits per heavy atom. The van der Waals surface area contributed by atoms with Crippen molar-refractivity contribution in [3.8, 4) is 34.0 Å². The Morgan fingerprint density at radius 3 is 1.80 bits per heavy atom. The number of aromatic nitrogens is 1. The highest BCUT2D eigenvalue weighted by Gasteiger charge is 2.34. The number of thiophene rings is 2. The van der Waals surface area contributed by atoms with Crippen LogP contribution in [0.2, 0.25) is 0 Å². The largest absolute Gasteiger partial charge is 0.306 e. The van der Waals surface area contributed by atoms with E-state index in [4.69, 9.17) is 0 Å². The van der Waals surface area contributed by atoms with Crippen LogP contribution in [0.15, 0.2) is 164 Å². The molecule has 0 N–H and O–H groups in total. The van der Waals surface area contributed by atoms with Crippen molar-refractivity contribution in [1.29, 1.82) is 5.26 Å². The van der Waals surface area contributed by atoms with Gasteiger partial charge in [-0.3, -0.25) is 0 Å². The number of nitriles is 1. The first-order chi connectivity index (χ1) is 26.8. The van der Waals surface area contributed by atoms with E-state index in [1.165, 1.54) is 78.9 Å². The molecule has 4 heteroatoms. The van der Waals surface area contributed by atoms with Crippen LogP contribution in [0.1, 0.15) is 28.2 Å². The molecule has 0 saturated carbocycles. The number of para-hydroxylation sites is 2. The van der Waals surface area contributed by atoms with Gasteiger partial charge in [0.25, 0.3) is 0 Å². The van der Waals surface area contributed by atoms with E-state index in [0.29, 0.717) is 5.56 Å². The summed E-state index contributed by atoms with van der Waals surface area (Å²) < 4.78 is 7.57. The first-order valence-corrected chi connectivity index (χ1v) is 19.9. The second-order valence-corrected chi connectivity index (χ2v) is 16.3. The Labute approximate surface area is 319 Å². The molecular formula is C50H28N2S2. The molecule has 2 nitrogen and oxygen atoms in total. The van der Waals surface area contributed by atoms with Crippen molar-refractivity contribution in [2.75, 3.05) is 0 Å². The molecule has 1 unspecified atom stereocenters. The molecule has 0 fully saturated rings. The van der Waals surface area contributed by atoms with E-state index in [-0.39, 0.29) is 5.92 Å². The molecule has 8 aromatic carbocycles. The smallest absolute Gasteiger partial charge is 0.101 e. The number of nitrogens with zero attached hydrogens (tertiary/aromatic N) is 2. The fraction of sp³-hybridized carbons (Fsp3) is 0.0200. The Balaban J connectivity index is 1.17. The van der Waals surface area contributed by atoms with Gasteiger partial charge in [-0.2, -0.15) is 5.26 Å². The summed E-state index contributed by atoms with van der Waals surface area (Å²) in [5.74, 6) is 0.0352. The van der Waals surface area contributed by atoms with Gasteiger partial charge >= 0.3 is 0 Å². The summed E-state index contributed by atoms with van der Waals surface area (Å²) in [6, 6.07) is 62.1. The van der Waals surface area contributed by atoms with E-state index < -0.39 is 0 Å². The Kier molecular flexibility index (Phi) is 6.25. The SMILES string of the molecule is N#Cc1cccc(-c2ccccc2C2c3ccccc3-c3c2ccc2c3sc3ccccc32)c1-n1c2ccccc2c2ccc3c4ccccc4sc3c21. The Bertz CT molecular complexity index is 3420. The lowest BCUT2D eigenvalue weighted by atomic mass is 9.83. The van der Waals surface area contributed by atoms with E-state index in [9.17, 15) is 5.26 Å². The minimum Gasteiger partial charge on any atom is -0.306 e. The highest BCUT2D eigenvalue weighted by Crippen LogP contribution is 2.55. The Morgan fingerprint density at radius 2 is 1.02 bits per heavy atom. The number of hydrogen-bond acceptors (Lipinski definition) is 3. The maximum atomic E-state index is 10.9. The zero-order valence-corrected chi connectivity index (χ0v) is 30.5. The molecule has 1 aliphatic rings. The van der Waals surface area contributed by atoms with Gasteiger partial charge in [0.2, 0.25) is 0 Å². The lowest BCUT2D eigenvalue weighted by Crippen LogP contribution is -2.05. The van der Waals surface area contributed by atoms with Crippen LogP contribution in [0.25, 0.3) is 90.1 Å². The molecule has 0 bridgehead atoms. The van der Waals surface area contributed by atoms with Gasteiger partial charge in [-0.15, -0.1) is 22.7 Å². The van der Waals surface area contributed by atoms with E-state index in [2.05, 4.69) is 162 Å². The molecule has 0 amide bonds. The van der Waals surface area contributed by atoms with Gasteiger partial charge in [0.15, 0.2) is 0 Å². The zero-order chi connectivity index (χ0) is 35.5. The minimum atomic E-state index is 0.0352. The molecule has 0 radical (unpaired) electrons. The highest BCUT2D eigenvalue weighted by molar-refractivity contribution is 7.27. The lowest BCUT2D eigenvalue weighted by molar-refractivity contribution is 1.02. The lowest BCUT2D eigenvalue weighted by Gasteiger charge is -2.22. The number of benzene rings is 8. The third kappa shape index (κ3) is 3.98. The average molecular weight is 721 g/mol. The molecule has 3 aromatic heterocycles. The maximum absolute atomic E-state index is 10.9. The minimum absolute atomic E-state index is 0.0352. The van der Waals surface area contributed by atoms with Crippen molar-refractivity contribution in [3.05, 3.63) is 186 Å². The quantitative estimate of drug-likeness (QED) is 0.179. The van der Waals surface area contributed by atoms with Crippen LogP contribution in [0.3, 0.4) is 0 Å². The van der Waals surface area contributed by atoms with Gasteiger partial charge in [-0.1, -0.05) is 140 Å². The second kappa shape index (κ2) is 11.2. The molecule has 250 valence electrons. The van der Waals surface area contributed by atoms with Crippen molar-refractivity contribution >= 4 is 84.8 Å². The van der Waals surface area contributed by atoms with Crippen LogP contribution in [-0.4, -0.2) is 4.57 Å². The van der Waals surface area contributed by atoms with Crippen molar-refractivity contribution in [1.82, 2.24) is 4.57 Å². The molecule has 12 rings (SSSR count). The van der Waals surface area contributed by atoms with Gasteiger partial charge in [-0.05, 0) is 52.1 Å². The van der Waals surface area contributed by atoms with Crippen molar-refractivity contribution in [3.63, 3.8) is 0 Å². The molecule has 0 saturated heterocycles. The molecule has 11 aromatic rings. The summed E-state index contributed by atoms with van der Waals surface area (Å²) >= 11 is 3.74. The van der Waals surface area contributed by atoms with E-state index in [1.54, 1.807) is 0 Å². The zero-order valence-electron chi connectivity index (χ0n) is 28.9. The summed E-state index contributed by atoms with van der Waals surface area (Å²) in [4.78, 5) is 0. The van der Waals surface area contributed by atoms with E-state index in [0.717, 1.165) is 27.8 Å². The van der Waals surface area contributed by atoms with Crippen molar-refractivity contribution < 1.29 is 0 Å². The molecule has 54 heavy (non-hydrogen) atoms. The fourth-order valence-corrected chi connectivity index (χ4v) is 11.9. The third-order valence-corrected chi connectivity index (χ3v) is 14.0. The standard InChI is InChI=1S/C50H28N2S2/c51-28-29-12-11-20-37(47(29)52-42-21-8-5-14-31(42)38-24-25-40-33-16-7-10-23-44(33)54-50(40)48(38)52)30-13-1-2-17-34(30)45-35-18-3-4-19-36(35)46-41(45)27-26-39-32-15-6-9-22-43(32)53-49(39)46/h1-27,45H. The first-order valence-electron chi connectivity index (χ1n) is 18.3. The van der Waals surface area contributed by atoms with E-state index >= 15 is 0 Å².